The molecular formula is C13H28N4O2S. The average Bonchev–Trinajstić information content (AvgIpc) is 2.47. The summed E-state index contributed by atoms with van der Waals surface area (Å²) in [5.41, 5.74) is 5.70. The summed E-state index contributed by atoms with van der Waals surface area (Å²) in [4.78, 5) is 2.25. The molecule has 2 aliphatic rings. The van der Waals surface area contributed by atoms with Crippen LogP contribution in [-0.2, 0) is 10.2 Å². The van der Waals surface area contributed by atoms with Gasteiger partial charge in [-0.25, -0.2) is 0 Å². The fourth-order valence-electron chi connectivity index (χ4n) is 3.16. The van der Waals surface area contributed by atoms with Crippen LogP contribution in [0.15, 0.2) is 0 Å². The highest BCUT2D eigenvalue weighted by atomic mass is 32.2. The van der Waals surface area contributed by atoms with Crippen molar-refractivity contribution in [2.45, 2.75) is 31.7 Å². The van der Waals surface area contributed by atoms with Gasteiger partial charge in [0.1, 0.15) is 0 Å². The Kier molecular flexibility index (Phi) is 5.42. The SMILES string of the molecule is CN1CCC(N(C)S(=O)(=O)N2CCCC(CN)C2)CC1. The maximum absolute atomic E-state index is 12.7. The van der Waals surface area contributed by atoms with Crippen molar-refractivity contribution >= 4 is 10.2 Å². The molecule has 118 valence electrons. The molecule has 1 atom stereocenters. The molecule has 2 rings (SSSR count). The Labute approximate surface area is 123 Å². The van der Waals surface area contributed by atoms with E-state index in [-0.39, 0.29) is 6.04 Å². The van der Waals surface area contributed by atoms with E-state index in [4.69, 9.17) is 5.73 Å². The standard InChI is InChI=1S/C13H28N4O2S/c1-15-8-5-13(6-9-15)16(2)20(18,19)17-7-3-4-12(10-14)11-17/h12-13H,3-11,14H2,1-2H3. The van der Waals surface area contributed by atoms with Gasteiger partial charge in [0.2, 0.25) is 0 Å². The molecule has 0 bridgehead atoms. The monoisotopic (exact) mass is 304 g/mol. The summed E-state index contributed by atoms with van der Waals surface area (Å²) >= 11 is 0. The molecule has 2 aliphatic heterocycles. The summed E-state index contributed by atoms with van der Waals surface area (Å²) in [6, 6.07) is 0.134. The molecule has 0 saturated carbocycles. The van der Waals surface area contributed by atoms with Crippen LogP contribution in [0.1, 0.15) is 25.7 Å². The Balaban J connectivity index is 2.01. The van der Waals surface area contributed by atoms with E-state index in [2.05, 4.69) is 11.9 Å². The van der Waals surface area contributed by atoms with Gasteiger partial charge in [0.25, 0.3) is 10.2 Å². The van der Waals surface area contributed by atoms with Gasteiger partial charge in [0.05, 0.1) is 0 Å². The molecule has 7 heteroatoms. The van der Waals surface area contributed by atoms with Crippen LogP contribution in [0.4, 0.5) is 0 Å². The Morgan fingerprint density at radius 1 is 1.20 bits per heavy atom. The lowest BCUT2D eigenvalue weighted by Crippen LogP contribution is -2.52. The molecule has 0 aliphatic carbocycles. The van der Waals surface area contributed by atoms with Crippen LogP contribution in [0, 0.1) is 5.92 Å². The number of likely N-dealkylation sites (tertiary alicyclic amines) is 1. The van der Waals surface area contributed by atoms with Gasteiger partial charge in [-0.1, -0.05) is 0 Å². The summed E-state index contributed by atoms with van der Waals surface area (Å²) in [5, 5.41) is 0. The number of hydrogen-bond acceptors (Lipinski definition) is 4. The van der Waals surface area contributed by atoms with Gasteiger partial charge in [-0.3, -0.25) is 0 Å². The van der Waals surface area contributed by atoms with Gasteiger partial charge in [-0.15, -0.1) is 0 Å². The number of nitrogens with zero attached hydrogens (tertiary/aromatic N) is 3. The Bertz CT molecular complexity index is 407. The highest BCUT2D eigenvalue weighted by Crippen LogP contribution is 2.23. The third-order valence-electron chi connectivity index (χ3n) is 4.71. The Hall–Kier alpha value is -0.210. The van der Waals surface area contributed by atoms with Crippen molar-refractivity contribution in [2.75, 3.05) is 46.8 Å². The van der Waals surface area contributed by atoms with E-state index in [1.165, 1.54) is 0 Å². The summed E-state index contributed by atoms with van der Waals surface area (Å²) in [6.45, 7) is 3.72. The van der Waals surface area contributed by atoms with Crippen molar-refractivity contribution in [3.8, 4) is 0 Å². The first-order valence-corrected chi connectivity index (χ1v) is 8.96. The number of nitrogens with two attached hydrogens (primary N) is 1. The van der Waals surface area contributed by atoms with Crippen LogP contribution in [0.25, 0.3) is 0 Å². The molecule has 2 saturated heterocycles. The Morgan fingerprint density at radius 3 is 2.45 bits per heavy atom. The van der Waals surface area contributed by atoms with Crippen LogP contribution in [0.3, 0.4) is 0 Å². The van der Waals surface area contributed by atoms with Gasteiger partial charge in [0.15, 0.2) is 0 Å². The van der Waals surface area contributed by atoms with Crippen molar-refractivity contribution in [1.29, 1.82) is 0 Å². The third-order valence-corrected chi connectivity index (χ3v) is 6.72. The molecule has 0 spiro atoms. The largest absolute Gasteiger partial charge is 0.330 e. The van der Waals surface area contributed by atoms with Crippen LogP contribution in [0.2, 0.25) is 0 Å². The van der Waals surface area contributed by atoms with E-state index in [0.717, 1.165) is 38.8 Å². The van der Waals surface area contributed by atoms with Gasteiger partial charge < -0.3 is 10.6 Å². The molecule has 1 unspecified atom stereocenters. The lowest BCUT2D eigenvalue weighted by molar-refractivity contribution is 0.183. The van der Waals surface area contributed by atoms with E-state index in [1.807, 2.05) is 0 Å². The van der Waals surface area contributed by atoms with Crippen molar-refractivity contribution in [1.82, 2.24) is 13.5 Å². The molecule has 2 heterocycles. The fourth-order valence-corrected chi connectivity index (χ4v) is 4.87. The van der Waals surface area contributed by atoms with Crippen LogP contribution >= 0.6 is 0 Å². The van der Waals surface area contributed by atoms with Gasteiger partial charge in [-0.05, 0) is 58.3 Å². The molecule has 0 aromatic heterocycles. The first-order chi connectivity index (χ1) is 9.45. The summed E-state index contributed by atoms with van der Waals surface area (Å²) in [5.74, 6) is 0.310. The molecule has 20 heavy (non-hydrogen) atoms. The van der Waals surface area contributed by atoms with Crippen LogP contribution < -0.4 is 5.73 Å². The molecule has 0 aromatic carbocycles. The molecule has 0 aromatic rings. The lowest BCUT2D eigenvalue weighted by Gasteiger charge is -2.39. The highest BCUT2D eigenvalue weighted by Gasteiger charge is 2.35. The highest BCUT2D eigenvalue weighted by molar-refractivity contribution is 7.86. The van der Waals surface area contributed by atoms with Gasteiger partial charge in [0, 0.05) is 26.2 Å². The molecule has 2 N–H and O–H groups in total. The summed E-state index contributed by atoms with van der Waals surface area (Å²) < 4.78 is 28.7. The zero-order chi connectivity index (χ0) is 14.8. The first-order valence-electron chi connectivity index (χ1n) is 7.57. The molecule has 6 nitrogen and oxygen atoms in total. The predicted molar refractivity (Wildman–Crippen MR) is 80.6 cm³/mol. The van der Waals surface area contributed by atoms with Crippen molar-refractivity contribution in [2.24, 2.45) is 11.7 Å². The van der Waals surface area contributed by atoms with E-state index in [9.17, 15) is 8.42 Å². The minimum Gasteiger partial charge on any atom is -0.330 e. The van der Waals surface area contributed by atoms with E-state index in [1.54, 1.807) is 15.7 Å². The normalized spacial score (nSPS) is 28.1. The smallest absolute Gasteiger partial charge is 0.281 e. The second kappa shape index (κ2) is 6.70. The lowest BCUT2D eigenvalue weighted by atomic mass is 10.0. The maximum Gasteiger partial charge on any atom is 0.281 e. The predicted octanol–water partition coefficient (Wildman–Crippen LogP) is -0.0721. The molecular weight excluding hydrogens is 276 g/mol. The van der Waals surface area contributed by atoms with Gasteiger partial charge in [-0.2, -0.15) is 17.0 Å². The minimum absolute atomic E-state index is 0.134. The molecule has 0 amide bonds. The quantitative estimate of drug-likeness (QED) is 0.789. The van der Waals surface area contributed by atoms with Gasteiger partial charge >= 0.3 is 0 Å². The number of piperidine rings is 2. The van der Waals surface area contributed by atoms with E-state index >= 15 is 0 Å². The number of hydrogen-bond donors (Lipinski definition) is 1. The zero-order valence-corrected chi connectivity index (χ0v) is 13.5. The first kappa shape index (κ1) is 16.2. The Morgan fingerprint density at radius 2 is 1.85 bits per heavy atom. The zero-order valence-electron chi connectivity index (χ0n) is 12.7. The number of rotatable bonds is 4. The average molecular weight is 304 g/mol. The second-order valence-corrected chi connectivity index (χ2v) is 8.15. The molecule has 2 fully saturated rings. The molecule has 0 radical (unpaired) electrons. The van der Waals surface area contributed by atoms with Crippen molar-refractivity contribution in [3.63, 3.8) is 0 Å². The topological polar surface area (TPSA) is 69.9 Å². The van der Waals surface area contributed by atoms with E-state index < -0.39 is 10.2 Å². The summed E-state index contributed by atoms with van der Waals surface area (Å²) in [6.07, 6.45) is 3.80. The van der Waals surface area contributed by atoms with E-state index in [0.29, 0.717) is 25.6 Å². The maximum atomic E-state index is 12.7. The summed E-state index contributed by atoms with van der Waals surface area (Å²) in [7, 11) is 0.488. The minimum atomic E-state index is -3.33. The van der Waals surface area contributed by atoms with Crippen molar-refractivity contribution < 1.29 is 8.42 Å². The van der Waals surface area contributed by atoms with Crippen molar-refractivity contribution in [3.05, 3.63) is 0 Å². The fraction of sp³-hybridized carbons (Fsp3) is 1.00. The third kappa shape index (κ3) is 3.51. The van der Waals surface area contributed by atoms with Crippen LogP contribution in [-0.4, -0.2) is 74.8 Å². The second-order valence-electron chi connectivity index (χ2n) is 6.16. The van der Waals surface area contributed by atoms with Crippen LogP contribution in [0.5, 0.6) is 0 Å².